The van der Waals surface area contributed by atoms with Crippen molar-refractivity contribution in [3.63, 3.8) is 0 Å². The van der Waals surface area contributed by atoms with Crippen LogP contribution in [0.5, 0.6) is 0 Å². The Kier molecular flexibility index (Phi) is 3.49. The average molecular weight is 289 g/mol. The van der Waals surface area contributed by atoms with E-state index in [-0.39, 0.29) is 17.7 Å². The van der Waals surface area contributed by atoms with Gasteiger partial charge in [-0.05, 0) is 31.9 Å². The van der Waals surface area contributed by atoms with Gasteiger partial charge in [0.15, 0.2) is 23.3 Å². The normalized spacial score (nSPS) is 17.0. The van der Waals surface area contributed by atoms with Crippen LogP contribution in [0.15, 0.2) is 30.3 Å². The highest BCUT2D eigenvalue weighted by Crippen LogP contribution is 2.38. The number of hydrogen-bond donors (Lipinski definition) is 1. The minimum Gasteiger partial charge on any atom is -0.368 e. The highest BCUT2D eigenvalue weighted by molar-refractivity contribution is 5.70. The van der Waals surface area contributed by atoms with Crippen molar-refractivity contribution in [1.29, 1.82) is 0 Å². The largest absolute Gasteiger partial charge is 0.368 e. The van der Waals surface area contributed by atoms with Gasteiger partial charge < -0.3 is 10.2 Å². The van der Waals surface area contributed by atoms with Crippen molar-refractivity contribution in [2.45, 2.75) is 26.3 Å². The molecule has 0 radical (unpaired) electrons. The van der Waals surface area contributed by atoms with Gasteiger partial charge in [0.2, 0.25) is 0 Å². The summed E-state index contributed by atoms with van der Waals surface area (Å²) in [6.07, 6.45) is 0.825. The molecular weight excluding hydrogens is 272 g/mol. The molecule has 0 spiro atoms. The van der Waals surface area contributed by atoms with E-state index in [2.05, 4.69) is 10.3 Å². The Bertz CT molecular complexity index is 673. The molecule has 1 aromatic heterocycles. The molecule has 1 atom stereocenters. The summed E-state index contributed by atoms with van der Waals surface area (Å²) < 4.78 is 27.9. The molecule has 0 saturated carbocycles. The van der Waals surface area contributed by atoms with Gasteiger partial charge >= 0.3 is 0 Å². The second-order valence-electron chi connectivity index (χ2n) is 5.21. The summed E-state index contributed by atoms with van der Waals surface area (Å²) in [5.74, 6) is -1.05. The third-order valence-corrected chi connectivity index (χ3v) is 3.69. The Morgan fingerprint density at radius 1 is 1.29 bits per heavy atom. The van der Waals surface area contributed by atoms with E-state index in [9.17, 15) is 8.78 Å². The van der Waals surface area contributed by atoms with Gasteiger partial charge in [-0.2, -0.15) is 0 Å². The summed E-state index contributed by atoms with van der Waals surface area (Å²) in [4.78, 5) is 6.00. The number of halogens is 2. The first-order chi connectivity index (χ1) is 10.1. The lowest BCUT2D eigenvalue weighted by Crippen LogP contribution is -2.26. The summed E-state index contributed by atoms with van der Waals surface area (Å²) in [5, 5.41) is 2.83. The van der Waals surface area contributed by atoms with Crippen LogP contribution in [0.3, 0.4) is 0 Å². The predicted octanol–water partition coefficient (Wildman–Crippen LogP) is 3.87. The molecule has 0 amide bonds. The van der Waals surface area contributed by atoms with Crippen LogP contribution in [0.4, 0.5) is 26.1 Å². The first kappa shape index (κ1) is 13.8. The van der Waals surface area contributed by atoms with Crippen molar-refractivity contribution >= 4 is 17.3 Å². The first-order valence-electron chi connectivity index (χ1n) is 7.09. The van der Waals surface area contributed by atoms with E-state index in [1.54, 1.807) is 0 Å². The molecule has 0 fully saturated rings. The SMILES string of the molecule is CCNc1nc(N2c3ccccc3CC2C)c(F)cc1F. The van der Waals surface area contributed by atoms with Crippen molar-refractivity contribution in [1.82, 2.24) is 4.98 Å². The number of rotatable bonds is 3. The Morgan fingerprint density at radius 3 is 2.81 bits per heavy atom. The molecule has 3 nitrogen and oxygen atoms in total. The molecule has 2 heterocycles. The molecule has 1 aromatic carbocycles. The minimum absolute atomic E-state index is 0.0873. The van der Waals surface area contributed by atoms with Crippen LogP contribution >= 0.6 is 0 Å². The summed E-state index contributed by atoms with van der Waals surface area (Å²) in [5.41, 5.74) is 2.09. The lowest BCUT2D eigenvalue weighted by molar-refractivity contribution is 0.570. The second-order valence-corrected chi connectivity index (χ2v) is 5.21. The number of aromatic nitrogens is 1. The molecular formula is C16H17F2N3. The van der Waals surface area contributed by atoms with Crippen molar-refractivity contribution in [3.05, 3.63) is 47.5 Å². The standard InChI is InChI=1S/C16H17F2N3/c1-3-19-15-12(17)9-13(18)16(20-15)21-10(2)8-11-6-4-5-7-14(11)21/h4-7,9-10H,3,8H2,1-2H3,(H,19,20). The minimum atomic E-state index is -0.668. The van der Waals surface area contributed by atoms with E-state index in [0.717, 1.165) is 23.7 Å². The van der Waals surface area contributed by atoms with E-state index in [1.807, 2.05) is 43.0 Å². The molecule has 3 rings (SSSR count). The number of anilines is 3. The summed E-state index contributed by atoms with van der Waals surface area (Å²) in [6.45, 7) is 4.39. The molecule has 0 aliphatic carbocycles. The highest BCUT2D eigenvalue weighted by atomic mass is 19.1. The van der Waals surface area contributed by atoms with Gasteiger partial charge in [0.1, 0.15) is 0 Å². The number of fused-ring (bicyclic) bond motifs is 1. The highest BCUT2D eigenvalue weighted by Gasteiger charge is 2.30. The van der Waals surface area contributed by atoms with Crippen molar-refractivity contribution < 1.29 is 8.78 Å². The van der Waals surface area contributed by atoms with Gasteiger partial charge in [0.25, 0.3) is 0 Å². The number of pyridine rings is 1. The Morgan fingerprint density at radius 2 is 2.05 bits per heavy atom. The van der Waals surface area contributed by atoms with Gasteiger partial charge in [0, 0.05) is 24.3 Å². The van der Waals surface area contributed by atoms with E-state index in [1.165, 1.54) is 0 Å². The fourth-order valence-electron chi connectivity index (χ4n) is 2.81. The summed E-state index contributed by atoms with van der Waals surface area (Å²) in [6, 6.07) is 8.83. The smallest absolute Gasteiger partial charge is 0.172 e. The number of para-hydroxylation sites is 1. The van der Waals surface area contributed by atoms with Crippen LogP contribution < -0.4 is 10.2 Å². The number of hydrogen-bond acceptors (Lipinski definition) is 3. The second kappa shape index (κ2) is 5.31. The number of benzene rings is 1. The van der Waals surface area contributed by atoms with Crippen molar-refractivity contribution in [2.75, 3.05) is 16.8 Å². The Hall–Kier alpha value is -2.17. The van der Waals surface area contributed by atoms with Crippen LogP contribution in [0, 0.1) is 11.6 Å². The maximum atomic E-state index is 14.2. The summed E-state index contributed by atoms with van der Waals surface area (Å²) in [7, 11) is 0. The van der Waals surface area contributed by atoms with Gasteiger partial charge in [0.05, 0.1) is 0 Å². The predicted molar refractivity (Wildman–Crippen MR) is 80.1 cm³/mol. The summed E-state index contributed by atoms with van der Waals surface area (Å²) >= 11 is 0. The molecule has 0 bridgehead atoms. The van der Waals surface area contributed by atoms with Crippen molar-refractivity contribution in [3.8, 4) is 0 Å². The lowest BCUT2D eigenvalue weighted by Gasteiger charge is -2.25. The Labute approximate surface area is 122 Å². The zero-order valence-electron chi connectivity index (χ0n) is 12.0. The molecule has 21 heavy (non-hydrogen) atoms. The molecule has 110 valence electrons. The molecule has 2 aromatic rings. The third-order valence-electron chi connectivity index (χ3n) is 3.69. The zero-order chi connectivity index (χ0) is 15.0. The monoisotopic (exact) mass is 289 g/mol. The maximum absolute atomic E-state index is 14.2. The molecule has 1 aliphatic rings. The van der Waals surface area contributed by atoms with E-state index < -0.39 is 11.6 Å². The van der Waals surface area contributed by atoms with Gasteiger partial charge in [-0.25, -0.2) is 13.8 Å². The fourth-order valence-corrected chi connectivity index (χ4v) is 2.81. The van der Waals surface area contributed by atoms with Gasteiger partial charge in [-0.15, -0.1) is 0 Å². The van der Waals surface area contributed by atoms with Crippen LogP contribution in [0.25, 0.3) is 0 Å². The first-order valence-corrected chi connectivity index (χ1v) is 7.09. The quantitative estimate of drug-likeness (QED) is 0.929. The maximum Gasteiger partial charge on any atom is 0.172 e. The van der Waals surface area contributed by atoms with Crippen molar-refractivity contribution in [2.24, 2.45) is 0 Å². The van der Waals surface area contributed by atoms with Crippen LogP contribution in [-0.2, 0) is 6.42 Å². The zero-order valence-corrected chi connectivity index (χ0v) is 12.0. The molecule has 1 N–H and O–H groups in total. The van der Waals surface area contributed by atoms with Crippen LogP contribution in [0.1, 0.15) is 19.4 Å². The third kappa shape index (κ3) is 2.33. The van der Waals surface area contributed by atoms with E-state index in [4.69, 9.17) is 0 Å². The molecule has 1 aliphatic heterocycles. The fraction of sp³-hybridized carbons (Fsp3) is 0.312. The molecule has 1 unspecified atom stereocenters. The topological polar surface area (TPSA) is 28.2 Å². The van der Waals surface area contributed by atoms with Gasteiger partial charge in [-0.1, -0.05) is 18.2 Å². The molecule has 0 saturated heterocycles. The van der Waals surface area contributed by atoms with Crippen LogP contribution in [-0.4, -0.2) is 17.6 Å². The Balaban J connectivity index is 2.10. The number of nitrogens with zero attached hydrogens (tertiary/aromatic N) is 2. The number of nitrogens with one attached hydrogen (secondary N) is 1. The lowest BCUT2D eigenvalue weighted by atomic mass is 10.1. The molecule has 5 heteroatoms. The van der Waals surface area contributed by atoms with E-state index in [0.29, 0.717) is 6.54 Å². The van der Waals surface area contributed by atoms with Crippen LogP contribution in [0.2, 0.25) is 0 Å². The van der Waals surface area contributed by atoms with E-state index >= 15 is 0 Å². The van der Waals surface area contributed by atoms with Gasteiger partial charge in [-0.3, -0.25) is 0 Å². The average Bonchev–Trinajstić information content (AvgIpc) is 2.78.